The van der Waals surface area contributed by atoms with Gasteiger partial charge in [-0.05, 0) is 40.6 Å². The van der Waals surface area contributed by atoms with Gasteiger partial charge in [0.15, 0.2) is 0 Å². The number of aryl methyl sites for hydroxylation is 1. The molecule has 0 radical (unpaired) electrons. The zero-order valence-corrected chi connectivity index (χ0v) is 16.8. The lowest BCUT2D eigenvalue weighted by Gasteiger charge is -2.12. The Kier molecular flexibility index (Phi) is 5.51. The monoisotopic (exact) mass is 430 g/mol. The van der Waals surface area contributed by atoms with Crippen LogP contribution in [-0.2, 0) is 11.3 Å². The number of nitrogens with zero attached hydrogens (tertiary/aromatic N) is 1. The van der Waals surface area contributed by atoms with Gasteiger partial charge in [-0.1, -0.05) is 29.8 Å². The van der Waals surface area contributed by atoms with E-state index in [2.05, 4.69) is 21.2 Å². The van der Waals surface area contributed by atoms with Crippen molar-refractivity contribution in [2.75, 3.05) is 14.2 Å². The zero-order valence-electron chi connectivity index (χ0n) is 15.2. The molecule has 1 heterocycles. The Morgan fingerprint density at radius 1 is 1.11 bits per heavy atom. The lowest BCUT2D eigenvalue weighted by atomic mass is 10.1. The van der Waals surface area contributed by atoms with E-state index in [0.717, 1.165) is 11.1 Å². The Balaban J connectivity index is 1.89. The number of imide groups is 1. The Bertz CT molecular complexity index is 940. The maximum atomic E-state index is 12.7. The Morgan fingerprint density at radius 3 is 2.52 bits per heavy atom. The number of urea groups is 1. The number of benzene rings is 2. The number of carbonyl (C=O) groups is 2. The second-order valence-corrected chi connectivity index (χ2v) is 6.95. The van der Waals surface area contributed by atoms with Crippen LogP contribution in [0.25, 0.3) is 6.08 Å². The minimum atomic E-state index is -0.445. The lowest BCUT2D eigenvalue weighted by molar-refractivity contribution is -0.123. The first-order chi connectivity index (χ1) is 12.9. The van der Waals surface area contributed by atoms with Crippen molar-refractivity contribution in [2.45, 2.75) is 13.5 Å². The summed E-state index contributed by atoms with van der Waals surface area (Å²) in [7, 11) is 3.09. The molecule has 1 aliphatic rings. The summed E-state index contributed by atoms with van der Waals surface area (Å²) in [6.07, 6.45) is 1.60. The van der Waals surface area contributed by atoms with Gasteiger partial charge in [0.25, 0.3) is 5.91 Å². The average molecular weight is 431 g/mol. The van der Waals surface area contributed by atoms with Gasteiger partial charge in [0, 0.05) is 11.6 Å². The number of ether oxygens (including phenoxy) is 2. The average Bonchev–Trinajstić information content (AvgIpc) is 2.89. The Hall–Kier alpha value is -2.80. The first-order valence-corrected chi connectivity index (χ1v) is 9.04. The van der Waals surface area contributed by atoms with E-state index in [0.29, 0.717) is 21.5 Å². The Labute approximate surface area is 165 Å². The summed E-state index contributed by atoms with van der Waals surface area (Å²) >= 11 is 3.42. The minimum absolute atomic E-state index is 0.197. The summed E-state index contributed by atoms with van der Waals surface area (Å²) in [5, 5.41) is 2.63. The maximum absolute atomic E-state index is 12.7. The Morgan fingerprint density at radius 2 is 1.85 bits per heavy atom. The second-order valence-electron chi connectivity index (χ2n) is 6.10. The van der Waals surface area contributed by atoms with Crippen LogP contribution in [0.5, 0.6) is 11.5 Å². The number of carbonyl (C=O) groups excluding carboxylic acids is 2. The van der Waals surface area contributed by atoms with E-state index in [4.69, 9.17) is 9.47 Å². The van der Waals surface area contributed by atoms with Crippen molar-refractivity contribution in [1.29, 1.82) is 0 Å². The topological polar surface area (TPSA) is 67.9 Å². The highest BCUT2D eigenvalue weighted by molar-refractivity contribution is 9.10. The lowest BCUT2D eigenvalue weighted by Crippen LogP contribution is -2.30. The summed E-state index contributed by atoms with van der Waals surface area (Å²) in [4.78, 5) is 26.2. The summed E-state index contributed by atoms with van der Waals surface area (Å²) in [5.41, 5.74) is 2.81. The zero-order chi connectivity index (χ0) is 19.6. The van der Waals surface area contributed by atoms with Crippen LogP contribution in [-0.4, -0.2) is 31.1 Å². The van der Waals surface area contributed by atoms with Gasteiger partial charge in [0.05, 0.1) is 25.2 Å². The highest BCUT2D eigenvalue weighted by Crippen LogP contribution is 2.34. The van der Waals surface area contributed by atoms with Gasteiger partial charge >= 0.3 is 6.03 Å². The molecule has 0 atom stereocenters. The van der Waals surface area contributed by atoms with Crippen molar-refractivity contribution in [1.82, 2.24) is 10.2 Å². The van der Waals surface area contributed by atoms with Crippen LogP contribution in [0.2, 0.25) is 0 Å². The molecule has 0 bridgehead atoms. The molecule has 0 saturated carbocycles. The third-order valence-corrected chi connectivity index (χ3v) is 4.81. The smallest absolute Gasteiger partial charge is 0.329 e. The van der Waals surface area contributed by atoms with Crippen LogP contribution >= 0.6 is 15.9 Å². The van der Waals surface area contributed by atoms with E-state index in [1.165, 1.54) is 12.0 Å². The number of amides is 3. The molecule has 0 spiro atoms. The van der Waals surface area contributed by atoms with Gasteiger partial charge in [0.2, 0.25) is 0 Å². The number of hydrogen-bond donors (Lipinski definition) is 1. The molecule has 3 amide bonds. The van der Waals surface area contributed by atoms with Gasteiger partial charge in [-0.25, -0.2) is 4.79 Å². The van der Waals surface area contributed by atoms with E-state index < -0.39 is 6.03 Å². The molecular weight excluding hydrogens is 412 g/mol. The second kappa shape index (κ2) is 7.84. The molecule has 1 N–H and O–H groups in total. The van der Waals surface area contributed by atoms with Crippen molar-refractivity contribution in [3.8, 4) is 11.5 Å². The largest absolute Gasteiger partial charge is 0.496 e. The van der Waals surface area contributed by atoms with Crippen LogP contribution in [0.4, 0.5) is 4.79 Å². The number of rotatable bonds is 5. The van der Waals surface area contributed by atoms with Crippen molar-refractivity contribution < 1.29 is 19.1 Å². The van der Waals surface area contributed by atoms with Gasteiger partial charge < -0.3 is 14.8 Å². The molecule has 0 unspecified atom stereocenters. The standard InChI is InChI=1S/C20H19BrN2O4/c1-12-5-4-6-13(7-12)11-23-19(24)16(22-20(23)25)9-14-8-15(21)18(27-3)10-17(14)26-2/h4-10H,11H2,1-3H3,(H,22,25)/b16-9+. The predicted octanol–water partition coefficient (Wildman–Crippen LogP) is 3.87. The summed E-state index contributed by atoms with van der Waals surface area (Å²) < 4.78 is 11.3. The molecule has 0 aliphatic carbocycles. The maximum Gasteiger partial charge on any atom is 0.329 e. The number of hydrogen-bond acceptors (Lipinski definition) is 4. The fourth-order valence-electron chi connectivity index (χ4n) is 2.86. The molecular formula is C20H19BrN2O4. The third kappa shape index (κ3) is 3.98. The SMILES string of the molecule is COc1cc(OC)c(/C=C2/NC(=O)N(Cc3cccc(C)c3)C2=O)cc1Br. The van der Waals surface area contributed by atoms with E-state index in [-0.39, 0.29) is 18.1 Å². The molecule has 1 saturated heterocycles. The molecule has 2 aromatic carbocycles. The molecule has 140 valence electrons. The first-order valence-electron chi connectivity index (χ1n) is 8.24. The van der Waals surface area contributed by atoms with Crippen molar-refractivity contribution in [3.05, 3.63) is 63.3 Å². The molecule has 7 heteroatoms. The van der Waals surface area contributed by atoms with Crippen molar-refractivity contribution >= 4 is 33.9 Å². The van der Waals surface area contributed by atoms with Crippen molar-refractivity contribution in [3.63, 3.8) is 0 Å². The summed E-state index contributed by atoms with van der Waals surface area (Å²) in [6.45, 7) is 2.18. The van der Waals surface area contributed by atoms with Gasteiger partial charge in [-0.2, -0.15) is 0 Å². The van der Waals surface area contributed by atoms with E-state index in [1.807, 2.05) is 31.2 Å². The van der Waals surface area contributed by atoms with Crippen molar-refractivity contribution in [2.24, 2.45) is 0 Å². The number of halogens is 1. The van der Waals surface area contributed by atoms with Gasteiger partial charge in [-0.15, -0.1) is 0 Å². The van der Waals surface area contributed by atoms with Crippen LogP contribution < -0.4 is 14.8 Å². The molecule has 0 aromatic heterocycles. The van der Waals surface area contributed by atoms with Gasteiger partial charge in [-0.3, -0.25) is 9.69 Å². The molecule has 6 nitrogen and oxygen atoms in total. The molecule has 27 heavy (non-hydrogen) atoms. The number of nitrogens with one attached hydrogen (secondary N) is 1. The predicted molar refractivity (Wildman–Crippen MR) is 105 cm³/mol. The van der Waals surface area contributed by atoms with E-state index in [1.54, 1.807) is 25.3 Å². The van der Waals surface area contributed by atoms with Gasteiger partial charge in [0.1, 0.15) is 17.2 Å². The number of methoxy groups -OCH3 is 2. The van der Waals surface area contributed by atoms with Crippen LogP contribution in [0.15, 0.2) is 46.6 Å². The highest BCUT2D eigenvalue weighted by atomic mass is 79.9. The highest BCUT2D eigenvalue weighted by Gasteiger charge is 2.33. The fraction of sp³-hybridized carbons (Fsp3) is 0.200. The normalized spacial score (nSPS) is 15.3. The van der Waals surface area contributed by atoms with Crippen LogP contribution in [0.3, 0.4) is 0 Å². The van der Waals surface area contributed by atoms with E-state index >= 15 is 0 Å². The molecule has 1 aliphatic heterocycles. The molecule has 2 aromatic rings. The third-order valence-electron chi connectivity index (χ3n) is 4.19. The quantitative estimate of drug-likeness (QED) is 0.577. The molecule has 1 fully saturated rings. The van der Waals surface area contributed by atoms with E-state index in [9.17, 15) is 9.59 Å². The van der Waals surface area contributed by atoms with Crippen LogP contribution in [0, 0.1) is 6.92 Å². The van der Waals surface area contributed by atoms with Crippen LogP contribution in [0.1, 0.15) is 16.7 Å². The first kappa shape index (κ1) is 19.0. The summed E-state index contributed by atoms with van der Waals surface area (Å²) in [6, 6.07) is 10.7. The molecule has 3 rings (SSSR count). The fourth-order valence-corrected chi connectivity index (χ4v) is 3.38. The minimum Gasteiger partial charge on any atom is -0.496 e. The summed E-state index contributed by atoms with van der Waals surface area (Å²) in [5.74, 6) is 0.758.